The molecular weight excluding hydrogens is 564 g/mol. The van der Waals surface area contributed by atoms with Gasteiger partial charge in [0.25, 0.3) is 0 Å². The molecule has 3 nitrogen and oxygen atoms in total. The van der Waals surface area contributed by atoms with Crippen LogP contribution in [0.15, 0.2) is 83.8 Å². The summed E-state index contributed by atoms with van der Waals surface area (Å²) in [4.78, 5) is 11.6. The lowest BCUT2D eigenvalue weighted by Gasteiger charge is -2.19. The van der Waals surface area contributed by atoms with E-state index in [0.717, 1.165) is 14.0 Å². The summed E-state index contributed by atoms with van der Waals surface area (Å²) < 4.78 is 47.8. The first-order valence-corrected chi connectivity index (χ1v) is 11.9. The second kappa shape index (κ2) is 11.6. The third-order valence-corrected chi connectivity index (χ3v) is 6.42. The van der Waals surface area contributed by atoms with E-state index in [1.165, 1.54) is 23.9 Å². The number of benzene rings is 3. The molecule has 0 fully saturated rings. The molecule has 0 saturated heterocycles. The van der Waals surface area contributed by atoms with Gasteiger partial charge in [-0.3, -0.25) is 0 Å². The number of hydrogen-bond acceptors (Lipinski definition) is 3. The Bertz CT molecular complexity index is 1140. The quantitative estimate of drug-likeness (QED) is 0.205. The number of hydrogen-bond donors (Lipinski definition) is 1. The first kappa shape index (κ1) is 25.2. The van der Waals surface area contributed by atoms with Crippen molar-refractivity contribution in [2.24, 2.45) is 0 Å². The highest BCUT2D eigenvalue weighted by Gasteiger charge is 2.34. The summed E-state index contributed by atoms with van der Waals surface area (Å²) in [7, 11) is 0. The van der Waals surface area contributed by atoms with Crippen LogP contribution in [0.25, 0.3) is 5.57 Å². The van der Waals surface area contributed by atoms with Gasteiger partial charge in [0.1, 0.15) is 5.75 Å². The average Bonchev–Trinajstić information content (AvgIpc) is 2.82. The van der Waals surface area contributed by atoms with Gasteiger partial charge in [0.05, 0.1) is 3.57 Å². The SMILES string of the molecule is O=C(O)COc1ccc(SC/C=C(/c2ccccc2)c2ccccc2C(F)(F)CF)cc1I. The third-order valence-electron chi connectivity index (χ3n) is 4.66. The first-order valence-electron chi connectivity index (χ1n) is 9.88. The fourth-order valence-electron chi connectivity index (χ4n) is 3.16. The van der Waals surface area contributed by atoms with Gasteiger partial charge < -0.3 is 9.84 Å². The van der Waals surface area contributed by atoms with Crippen LogP contribution in [0.2, 0.25) is 0 Å². The van der Waals surface area contributed by atoms with Crippen molar-refractivity contribution in [3.05, 3.63) is 99.1 Å². The van der Waals surface area contributed by atoms with Crippen molar-refractivity contribution in [3.63, 3.8) is 0 Å². The molecule has 0 radical (unpaired) electrons. The van der Waals surface area contributed by atoms with Gasteiger partial charge >= 0.3 is 11.9 Å². The van der Waals surface area contributed by atoms with Gasteiger partial charge in [-0.15, -0.1) is 11.8 Å². The molecule has 0 aliphatic carbocycles. The summed E-state index contributed by atoms with van der Waals surface area (Å²) in [5.41, 5.74) is 1.30. The Balaban J connectivity index is 1.88. The highest BCUT2D eigenvalue weighted by Crippen LogP contribution is 2.37. The molecule has 0 unspecified atom stereocenters. The summed E-state index contributed by atoms with van der Waals surface area (Å²) in [6.45, 7) is -2.19. The molecule has 0 aromatic heterocycles. The summed E-state index contributed by atoms with van der Waals surface area (Å²) in [5.74, 6) is -3.68. The van der Waals surface area contributed by atoms with Crippen LogP contribution in [0.4, 0.5) is 13.2 Å². The molecule has 0 amide bonds. The number of rotatable bonds is 10. The lowest BCUT2D eigenvalue weighted by Crippen LogP contribution is -2.18. The van der Waals surface area contributed by atoms with Gasteiger partial charge in [-0.2, -0.15) is 8.78 Å². The van der Waals surface area contributed by atoms with E-state index < -0.39 is 25.2 Å². The molecule has 3 aromatic rings. The fourth-order valence-corrected chi connectivity index (χ4v) is 4.85. The molecule has 3 aromatic carbocycles. The zero-order valence-electron chi connectivity index (χ0n) is 17.3. The van der Waals surface area contributed by atoms with E-state index in [0.29, 0.717) is 22.6 Å². The number of carboxylic acid groups (broad SMARTS) is 1. The molecule has 3 rings (SSSR count). The van der Waals surface area contributed by atoms with Crippen LogP contribution in [-0.2, 0) is 10.7 Å². The zero-order chi connectivity index (χ0) is 23.8. The molecule has 0 atom stereocenters. The number of thioether (sulfide) groups is 1. The molecule has 33 heavy (non-hydrogen) atoms. The topological polar surface area (TPSA) is 46.5 Å². The summed E-state index contributed by atoms with van der Waals surface area (Å²) in [6, 6.07) is 20.5. The molecule has 0 saturated carbocycles. The zero-order valence-corrected chi connectivity index (χ0v) is 20.3. The summed E-state index contributed by atoms with van der Waals surface area (Å²) in [6.07, 6.45) is 1.86. The number of halogens is 4. The van der Waals surface area contributed by atoms with Crippen LogP contribution in [0.5, 0.6) is 5.75 Å². The maximum absolute atomic E-state index is 14.3. The maximum Gasteiger partial charge on any atom is 0.341 e. The van der Waals surface area contributed by atoms with E-state index in [1.807, 2.05) is 48.5 Å². The van der Waals surface area contributed by atoms with Crippen LogP contribution in [0.3, 0.4) is 0 Å². The van der Waals surface area contributed by atoms with E-state index in [9.17, 15) is 18.0 Å². The molecular formula is C25H20F3IO3S. The molecule has 0 bridgehead atoms. The maximum atomic E-state index is 14.3. The Labute approximate surface area is 207 Å². The van der Waals surface area contributed by atoms with Gasteiger partial charge in [-0.05, 0) is 57.5 Å². The molecule has 172 valence electrons. The Kier molecular flexibility index (Phi) is 8.85. The summed E-state index contributed by atoms with van der Waals surface area (Å²) >= 11 is 3.56. The van der Waals surface area contributed by atoms with Crippen molar-refractivity contribution in [1.82, 2.24) is 0 Å². The Morgan fingerprint density at radius 2 is 1.76 bits per heavy atom. The predicted octanol–water partition coefficient (Wildman–Crippen LogP) is 7.04. The average molecular weight is 584 g/mol. The fraction of sp³-hybridized carbons (Fsp3) is 0.160. The van der Waals surface area contributed by atoms with Crippen LogP contribution < -0.4 is 4.74 Å². The highest BCUT2D eigenvalue weighted by atomic mass is 127. The van der Waals surface area contributed by atoms with Gasteiger partial charge in [-0.1, -0.05) is 60.7 Å². The van der Waals surface area contributed by atoms with Crippen LogP contribution >= 0.6 is 34.4 Å². The van der Waals surface area contributed by atoms with E-state index in [1.54, 1.807) is 18.2 Å². The van der Waals surface area contributed by atoms with E-state index in [4.69, 9.17) is 9.84 Å². The van der Waals surface area contributed by atoms with Crippen molar-refractivity contribution in [3.8, 4) is 5.75 Å². The molecule has 1 N–H and O–H groups in total. The lowest BCUT2D eigenvalue weighted by molar-refractivity contribution is -0.139. The molecule has 0 aliphatic heterocycles. The van der Waals surface area contributed by atoms with Crippen molar-refractivity contribution in [1.29, 1.82) is 0 Å². The van der Waals surface area contributed by atoms with Crippen LogP contribution in [0, 0.1) is 3.57 Å². The summed E-state index contributed by atoms with van der Waals surface area (Å²) in [5, 5.41) is 8.76. The van der Waals surface area contributed by atoms with Crippen molar-refractivity contribution in [2.45, 2.75) is 10.8 Å². The van der Waals surface area contributed by atoms with E-state index >= 15 is 0 Å². The predicted molar refractivity (Wildman–Crippen MR) is 133 cm³/mol. The number of carbonyl (C=O) groups is 1. The van der Waals surface area contributed by atoms with E-state index in [2.05, 4.69) is 22.6 Å². The first-order chi connectivity index (χ1) is 15.8. The van der Waals surface area contributed by atoms with Crippen LogP contribution in [-0.4, -0.2) is 30.1 Å². The Morgan fingerprint density at radius 3 is 2.42 bits per heavy atom. The standard InChI is InChI=1S/C25H20F3IO3S/c26-16-25(27,28)21-9-5-4-8-20(21)19(17-6-2-1-3-7-17)12-13-33-18-10-11-23(22(29)14-18)32-15-24(30)31/h1-12,14H,13,15-16H2,(H,30,31)/b19-12-. The van der Waals surface area contributed by atoms with Gasteiger partial charge in [0.15, 0.2) is 13.3 Å². The lowest BCUT2D eigenvalue weighted by atomic mass is 9.91. The minimum absolute atomic E-state index is 0.291. The Morgan fingerprint density at radius 1 is 1.06 bits per heavy atom. The second-order valence-electron chi connectivity index (χ2n) is 6.95. The largest absolute Gasteiger partial charge is 0.481 e. The third kappa shape index (κ3) is 6.77. The smallest absolute Gasteiger partial charge is 0.341 e. The van der Waals surface area contributed by atoms with Gasteiger partial charge in [0, 0.05) is 16.2 Å². The number of ether oxygens (including phenoxy) is 1. The van der Waals surface area contributed by atoms with Gasteiger partial charge in [0.2, 0.25) is 0 Å². The molecule has 0 spiro atoms. The molecule has 0 aliphatic rings. The monoisotopic (exact) mass is 584 g/mol. The number of alkyl halides is 3. The van der Waals surface area contributed by atoms with Gasteiger partial charge in [-0.25, -0.2) is 9.18 Å². The van der Waals surface area contributed by atoms with Crippen LogP contribution in [0.1, 0.15) is 16.7 Å². The minimum Gasteiger partial charge on any atom is -0.481 e. The molecule has 8 heteroatoms. The Hall–Kier alpha value is -2.46. The highest BCUT2D eigenvalue weighted by molar-refractivity contribution is 14.1. The number of aliphatic carboxylic acids is 1. The molecule has 0 heterocycles. The second-order valence-corrected chi connectivity index (χ2v) is 9.21. The van der Waals surface area contributed by atoms with Crippen molar-refractivity contribution < 1.29 is 27.8 Å². The van der Waals surface area contributed by atoms with Crippen molar-refractivity contribution in [2.75, 3.05) is 19.0 Å². The van der Waals surface area contributed by atoms with E-state index in [-0.39, 0.29) is 5.56 Å². The van der Waals surface area contributed by atoms with Crippen molar-refractivity contribution >= 4 is 45.9 Å². The minimum atomic E-state index is -3.58. The normalized spacial score (nSPS) is 11.9. The number of carboxylic acids is 1.